The van der Waals surface area contributed by atoms with E-state index >= 15 is 0 Å². The van der Waals surface area contributed by atoms with Crippen LogP contribution >= 0.6 is 11.6 Å². The molecule has 1 fully saturated rings. The molecule has 1 aliphatic rings. The number of halogens is 1. The summed E-state index contributed by atoms with van der Waals surface area (Å²) in [4.78, 5) is 12.1. The lowest BCUT2D eigenvalue weighted by atomic mass is 10.1. The average Bonchev–Trinajstić information content (AvgIpc) is 2.98. The first-order chi connectivity index (χ1) is 10.1. The quantitative estimate of drug-likeness (QED) is 0.849. The summed E-state index contributed by atoms with van der Waals surface area (Å²) in [6, 6.07) is 5.63. The molecule has 0 bridgehead atoms. The maximum atomic E-state index is 12.1. The maximum Gasteiger partial charge on any atom is 0.237 e. The van der Waals surface area contributed by atoms with E-state index in [0.29, 0.717) is 17.6 Å². The summed E-state index contributed by atoms with van der Waals surface area (Å²) in [5.41, 5.74) is 0.877. The molecule has 2 N–H and O–H groups in total. The van der Waals surface area contributed by atoms with Crippen molar-refractivity contribution in [2.75, 3.05) is 7.11 Å². The van der Waals surface area contributed by atoms with Gasteiger partial charge in [0.2, 0.25) is 5.91 Å². The number of carbonyl (C=O) groups excluding carboxylic acids is 1. The fourth-order valence-electron chi connectivity index (χ4n) is 2.65. The van der Waals surface area contributed by atoms with Gasteiger partial charge in [0.15, 0.2) is 0 Å². The van der Waals surface area contributed by atoms with Crippen molar-refractivity contribution >= 4 is 17.5 Å². The molecule has 1 atom stereocenters. The minimum atomic E-state index is -0.258. The Kier molecular flexibility index (Phi) is 5.88. The van der Waals surface area contributed by atoms with Gasteiger partial charge in [-0.25, -0.2) is 0 Å². The summed E-state index contributed by atoms with van der Waals surface area (Å²) in [5.74, 6) is 0.784. The van der Waals surface area contributed by atoms with Crippen LogP contribution in [0.4, 0.5) is 0 Å². The van der Waals surface area contributed by atoms with Crippen LogP contribution in [0.5, 0.6) is 5.75 Å². The van der Waals surface area contributed by atoms with Crippen LogP contribution in [0.15, 0.2) is 18.2 Å². The zero-order chi connectivity index (χ0) is 15.2. The Morgan fingerprint density at radius 2 is 2.14 bits per heavy atom. The molecule has 1 saturated carbocycles. The van der Waals surface area contributed by atoms with E-state index in [-0.39, 0.29) is 11.9 Å². The van der Waals surface area contributed by atoms with Crippen LogP contribution < -0.4 is 15.4 Å². The van der Waals surface area contributed by atoms with Gasteiger partial charge in [-0.05, 0) is 31.9 Å². The lowest BCUT2D eigenvalue weighted by Gasteiger charge is -2.19. The Labute approximate surface area is 131 Å². The molecule has 5 heteroatoms. The highest BCUT2D eigenvalue weighted by molar-refractivity contribution is 6.31. The van der Waals surface area contributed by atoms with Crippen LogP contribution in [0.1, 0.15) is 38.2 Å². The van der Waals surface area contributed by atoms with Crippen molar-refractivity contribution in [3.8, 4) is 5.75 Å². The number of nitrogens with one attached hydrogen (secondary N) is 2. The van der Waals surface area contributed by atoms with E-state index in [1.165, 1.54) is 12.8 Å². The van der Waals surface area contributed by atoms with Crippen molar-refractivity contribution in [1.82, 2.24) is 10.6 Å². The number of carbonyl (C=O) groups is 1. The molecule has 1 amide bonds. The summed E-state index contributed by atoms with van der Waals surface area (Å²) in [7, 11) is 1.62. The van der Waals surface area contributed by atoms with Crippen molar-refractivity contribution < 1.29 is 9.53 Å². The Balaban J connectivity index is 1.88. The van der Waals surface area contributed by atoms with E-state index < -0.39 is 0 Å². The highest BCUT2D eigenvalue weighted by Gasteiger charge is 2.20. The zero-order valence-corrected chi connectivity index (χ0v) is 13.4. The number of methoxy groups -OCH3 is 1. The predicted octanol–water partition coefficient (Wildman–Crippen LogP) is 2.89. The van der Waals surface area contributed by atoms with Gasteiger partial charge in [-0.3, -0.25) is 4.79 Å². The first-order valence-corrected chi connectivity index (χ1v) is 7.84. The maximum absolute atomic E-state index is 12.1. The van der Waals surface area contributed by atoms with E-state index in [2.05, 4.69) is 10.6 Å². The van der Waals surface area contributed by atoms with Gasteiger partial charge in [0, 0.05) is 23.2 Å². The molecule has 0 radical (unpaired) electrons. The number of benzene rings is 1. The standard InChI is InChI=1S/C16H23ClN2O2/c1-11(16(20)19-12-6-3-4-7-12)18-10-13-14(17)8-5-9-15(13)21-2/h5,8-9,11-12,18H,3-4,6-7,10H2,1-2H3,(H,19,20). The topological polar surface area (TPSA) is 50.4 Å². The molecule has 0 saturated heterocycles. The van der Waals surface area contributed by atoms with Crippen LogP contribution in [-0.4, -0.2) is 25.1 Å². The van der Waals surface area contributed by atoms with E-state index in [1.807, 2.05) is 25.1 Å². The van der Waals surface area contributed by atoms with Gasteiger partial charge in [0.25, 0.3) is 0 Å². The number of rotatable bonds is 6. The molecule has 0 heterocycles. The minimum Gasteiger partial charge on any atom is -0.496 e. The van der Waals surface area contributed by atoms with Gasteiger partial charge in [0.05, 0.1) is 13.2 Å². The summed E-state index contributed by atoms with van der Waals surface area (Å²) >= 11 is 6.19. The fraction of sp³-hybridized carbons (Fsp3) is 0.562. The Bertz CT molecular complexity index is 487. The van der Waals surface area contributed by atoms with Crippen LogP contribution in [0.25, 0.3) is 0 Å². The van der Waals surface area contributed by atoms with Crippen molar-refractivity contribution in [2.24, 2.45) is 0 Å². The molecule has 1 aliphatic carbocycles. The normalized spacial score (nSPS) is 16.7. The SMILES string of the molecule is COc1cccc(Cl)c1CNC(C)C(=O)NC1CCCC1. The summed E-state index contributed by atoms with van der Waals surface area (Å²) in [6.07, 6.45) is 4.61. The van der Waals surface area contributed by atoms with Gasteiger partial charge in [-0.1, -0.05) is 30.5 Å². The second-order valence-corrected chi connectivity index (χ2v) is 5.92. The lowest BCUT2D eigenvalue weighted by molar-refractivity contribution is -0.123. The largest absolute Gasteiger partial charge is 0.496 e. The Hall–Kier alpha value is -1.26. The van der Waals surface area contributed by atoms with Gasteiger partial charge < -0.3 is 15.4 Å². The number of hydrogen-bond acceptors (Lipinski definition) is 3. The molecular formula is C16H23ClN2O2. The third-order valence-electron chi connectivity index (χ3n) is 3.98. The van der Waals surface area contributed by atoms with Gasteiger partial charge >= 0.3 is 0 Å². The first kappa shape index (κ1) is 16.1. The van der Waals surface area contributed by atoms with Crippen LogP contribution in [-0.2, 0) is 11.3 Å². The second-order valence-electron chi connectivity index (χ2n) is 5.51. The van der Waals surface area contributed by atoms with E-state index in [0.717, 1.165) is 24.2 Å². The molecule has 21 heavy (non-hydrogen) atoms. The van der Waals surface area contributed by atoms with Crippen molar-refractivity contribution in [3.63, 3.8) is 0 Å². The number of hydrogen-bond donors (Lipinski definition) is 2. The molecule has 0 aromatic heterocycles. The molecule has 1 aromatic carbocycles. The van der Waals surface area contributed by atoms with Crippen LogP contribution in [0.2, 0.25) is 5.02 Å². The minimum absolute atomic E-state index is 0.0490. The van der Waals surface area contributed by atoms with Gasteiger partial charge in [0.1, 0.15) is 5.75 Å². The molecule has 2 rings (SSSR count). The van der Waals surface area contributed by atoms with Crippen molar-refractivity contribution in [2.45, 2.75) is 51.2 Å². The Morgan fingerprint density at radius 1 is 1.43 bits per heavy atom. The van der Waals surface area contributed by atoms with Crippen molar-refractivity contribution in [1.29, 1.82) is 0 Å². The number of amides is 1. The highest BCUT2D eigenvalue weighted by Crippen LogP contribution is 2.26. The third kappa shape index (κ3) is 4.35. The third-order valence-corrected chi connectivity index (χ3v) is 4.33. The first-order valence-electron chi connectivity index (χ1n) is 7.47. The summed E-state index contributed by atoms with van der Waals surface area (Å²) in [6.45, 7) is 2.37. The molecule has 0 aliphatic heterocycles. The van der Waals surface area contributed by atoms with Gasteiger partial charge in [-0.15, -0.1) is 0 Å². The zero-order valence-electron chi connectivity index (χ0n) is 12.6. The van der Waals surface area contributed by atoms with Crippen LogP contribution in [0.3, 0.4) is 0 Å². The fourth-order valence-corrected chi connectivity index (χ4v) is 2.88. The molecule has 1 unspecified atom stereocenters. The monoisotopic (exact) mass is 310 g/mol. The predicted molar refractivity (Wildman–Crippen MR) is 84.7 cm³/mol. The van der Waals surface area contributed by atoms with E-state index in [9.17, 15) is 4.79 Å². The molecule has 4 nitrogen and oxygen atoms in total. The van der Waals surface area contributed by atoms with E-state index in [1.54, 1.807) is 7.11 Å². The average molecular weight is 311 g/mol. The molecule has 116 valence electrons. The van der Waals surface area contributed by atoms with E-state index in [4.69, 9.17) is 16.3 Å². The van der Waals surface area contributed by atoms with Crippen molar-refractivity contribution in [3.05, 3.63) is 28.8 Å². The Morgan fingerprint density at radius 3 is 2.81 bits per heavy atom. The smallest absolute Gasteiger partial charge is 0.237 e. The summed E-state index contributed by atoms with van der Waals surface area (Å²) in [5, 5.41) is 6.95. The van der Waals surface area contributed by atoms with Crippen LogP contribution in [0, 0.1) is 0 Å². The summed E-state index contributed by atoms with van der Waals surface area (Å²) < 4.78 is 5.30. The van der Waals surface area contributed by atoms with Gasteiger partial charge in [-0.2, -0.15) is 0 Å². The second kappa shape index (κ2) is 7.66. The number of ether oxygens (including phenoxy) is 1. The highest BCUT2D eigenvalue weighted by atomic mass is 35.5. The molecule has 1 aromatic rings. The molecular weight excluding hydrogens is 288 g/mol. The lowest BCUT2D eigenvalue weighted by Crippen LogP contribution is -2.45. The molecule has 0 spiro atoms.